The number of hydrogen-bond donors (Lipinski definition) is 0. The molecule has 0 radical (unpaired) electrons. The van der Waals surface area contributed by atoms with Gasteiger partial charge < -0.3 is 14.2 Å². The van der Waals surface area contributed by atoms with Crippen LogP contribution in [0.15, 0.2) is 47.1 Å². The lowest BCUT2D eigenvalue weighted by atomic mass is 10.2. The number of benzene rings is 1. The molecule has 2 aromatic rings. The average Bonchev–Trinajstić information content (AvgIpc) is 3.23. The molecule has 2 heterocycles. The third-order valence-corrected chi connectivity index (χ3v) is 5.22. The molecule has 2 amide bonds. The summed E-state index contributed by atoms with van der Waals surface area (Å²) in [4.78, 5) is 28.1. The van der Waals surface area contributed by atoms with Gasteiger partial charge >= 0.3 is 0 Å². The Morgan fingerprint density at radius 2 is 1.77 bits per heavy atom. The van der Waals surface area contributed by atoms with Crippen molar-refractivity contribution < 1.29 is 14.0 Å². The van der Waals surface area contributed by atoms with E-state index in [0.717, 1.165) is 11.3 Å². The molecule has 0 N–H and O–H groups in total. The molecule has 1 aromatic carbocycles. The minimum atomic E-state index is -0.128. The number of hydrogen-bond acceptors (Lipinski definition) is 5. The first-order valence-electron chi connectivity index (χ1n) is 8.34. The van der Waals surface area contributed by atoms with Crippen LogP contribution < -0.4 is 0 Å². The molecule has 26 heavy (non-hydrogen) atoms. The van der Waals surface area contributed by atoms with Gasteiger partial charge in [-0.2, -0.15) is 5.26 Å². The zero-order valence-corrected chi connectivity index (χ0v) is 15.1. The molecular formula is C19H19N3O3S. The van der Waals surface area contributed by atoms with Crippen molar-refractivity contribution in [2.75, 3.05) is 31.9 Å². The van der Waals surface area contributed by atoms with Gasteiger partial charge in [0.25, 0.3) is 5.91 Å². The molecule has 0 spiro atoms. The molecule has 0 unspecified atom stereocenters. The van der Waals surface area contributed by atoms with Crippen LogP contribution in [0.2, 0.25) is 0 Å². The Morgan fingerprint density at radius 3 is 2.38 bits per heavy atom. The quantitative estimate of drug-likeness (QED) is 0.809. The predicted molar refractivity (Wildman–Crippen MR) is 98.5 cm³/mol. The molecule has 1 aliphatic rings. The number of amides is 2. The molecule has 7 heteroatoms. The van der Waals surface area contributed by atoms with E-state index in [-0.39, 0.29) is 11.8 Å². The van der Waals surface area contributed by atoms with Crippen molar-refractivity contribution >= 4 is 23.6 Å². The van der Waals surface area contributed by atoms with Crippen LogP contribution in [0.5, 0.6) is 0 Å². The minimum Gasteiger partial charge on any atom is -0.459 e. The molecule has 0 aliphatic carbocycles. The van der Waals surface area contributed by atoms with Gasteiger partial charge in [-0.3, -0.25) is 9.59 Å². The van der Waals surface area contributed by atoms with Crippen LogP contribution in [-0.2, 0) is 10.5 Å². The van der Waals surface area contributed by atoms with Crippen LogP contribution in [0, 0.1) is 11.3 Å². The lowest BCUT2D eigenvalue weighted by Crippen LogP contribution is -2.51. The highest BCUT2D eigenvalue weighted by Crippen LogP contribution is 2.15. The smallest absolute Gasteiger partial charge is 0.289 e. The van der Waals surface area contributed by atoms with Crippen molar-refractivity contribution in [2.24, 2.45) is 0 Å². The Hall–Kier alpha value is -2.72. The topological polar surface area (TPSA) is 77.5 Å². The fourth-order valence-corrected chi connectivity index (χ4v) is 3.63. The number of thioether (sulfide) groups is 1. The van der Waals surface area contributed by atoms with E-state index in [4.69, 9.17) is 9.68 Å². The minimum absolute atomic E-state index is 0.0914. The van der Waals surface area contributed by atoms with E-state index in [0.29, 0.717) is 43.3 Å². The Labute approximate surface area is 156 Å². The maximum absolute atomic E-state index is 12.3. The molecule has 1 fully saturated rings. The number of carbonyl (C=O) groups excluding carboxylic acids is 2. The second kappa shape index (κ2) is 8.59. The summed E-state index contributed by atoms with van der Waals surface area (Å²) in [7, 11) is 0. The number of nitrogens with zero attached hydrogens (tertiary/aromatic N) is 3. The van der Waals surface area contributed by atoms with Crippen molar-refractivity contribution in [3.8, 4) is 6.07 Å². The summed E-state index contributed by atoms with van der Waals surface area (Å²) in [5.41, 5.74) is 1.73. The normalized spacial score (nSPS) is 14.1. The third kappa shape index (κ3) is 4.46. The average molecular weight is 369 g/mol. The molecule has 1 aliphatic heterocycles. The van der Waals surface area contributed by atoms with Gasteiger partial charge in [0.2, 0.25) is 5.91 Å². The summed E-state index contributed by atoms with van der Waals surface area (Å²) in [5.74, 6) is 1.44. The fourth-order valence-electron chi connectivity index (χ4n) is 2.74. The maximum Gasteiger partial charge on any atom is 0.289 e. The summed E-state index contributed by atoms with van der Waals surface area (Å²) in [6.45, 7) is 2.13. The van der Waals surface area contributed by atoms with Crippen LogP contribution in [0.4, 0.5) is 0 Å². The van der Waals surface area contributed by atoms with Crippen molar-refractivity contribution in [3.63, 3.8) is 0 Å². The second-order valence-corrected chi connectivity index (χ2v) is 6.94. The summed E-state index contributed by atoms with van der Waals surface area (Å²) < 4.78 is 5.14. The van der Waals surface area contributed by atoms with Crippen LogP contribution in [-0.4, -0.2) is 53.5 Å². The summed E-state index contributed by atoms with van der Waals surface area (Å²) >= 11 is 1.56. The molecule has 0 saturated carbocycles. The second-order valence-electron chi connectivity index (χ2n) is 5.95. The zero-order valence-electron chi connectivity index (χ0n) is 14.3. The number of carbonyl (C=O) groups is 2. The maximum atomic E-state index is 12.3. The molecule has 1 saturated heterocycles. The molecular weight excluding hydrogens is 350 g/mol. The van der Waals surface area contributed by atoms with Crippen molar-refractivity contribution in [1.82, 2.24) is 9.80 Å². The van der Waals surface area contributed by atoms with Gasteiger partial charge in [-0.05, 0) is 29.8 Å². The monoisotopic (exact) mass is 369 g/mol. The largest absolute Gasteiger partial charge is 0.459 e. The van der Waals surface area contributed by atoms with Crippen LogP contribution in [0.1, 0.15) is 21.7 Å². The Bertz CT molecular complexity index is 788. The van der Waals surface area contributed by atoms with E-state index in [2.05, 4.69) is 6.07 Å². The van der Waals surface area contributed by atoms with E-state index in [1.807, 2.05) is 12.1 Å². The van der Waals surface area contributed by atoms with E-state index in [1.54, 1.807) is 45.8 Å². The fraction of sp³-hybridized carbons (Fsp3) is 0.316. The number of nitriles is 1. The summed E-state index contributed by atoms with van der Waals surface area (Å²) in [6, 6.07) is 12.8. The Morgan fingerprint density at radius 1 is 1.08 bits per heavy atom. The number of piperazine rings is 1. The van der Waals surface area contributed by atoms with Gasteiger partial charge in [-0.15, -0.1) is 11.8 Å². The predicted octanol–water partition coefficient (Wildman–Crippen LogP) is 2.37. The highest BCUT2D eigenvalue weighted by molar-refractivity contribution is 7.99. The Balaban J connectivity index is 1.40. The van der Waals surface area contributed by atoms with Crippen molar-refractivity contribution in [3.05, 3.63) is 59.5 Å². The molecule has 0 bridgehead atoms. The van der Waals surface area contributed by atoms with Gasteiger partial charge in [0.1, 0.15) is 0 Å². The molecule has 3 rings (SSSR count). The lowest BCUT2D eigenvalue weighted by Gasteiger charge is -2.34. The first-order chi connectivity index (χ1) is 12.7. The van der Waals surface area contributed by atoms with Crippen LogP contribution in [0.25, 0.3) is 0 Å². The number of rotatable bonds is 5. The molecule has 134 valence electrons. The summed E-state index contributed by atoms with van der Waals surface area (Å²) in [6.07, 6.45) is 1.48. The third-order valence-electron chi connectivity index (χ3n) is 4.23. The van der Waals surface area contributed by atoms with E-state index in [1.165, 1.54) is 6.26 Å². The zero-order chi connectivity index (χ0) is 18.4. The van der Waals surface area contributed by atoms with Gasteiger partial charge in [0.15, 0.2) is 5.76 Å². The van der Waals surface area contributed by atoms with Gasteiger partial charge in [0.05, 0.1) is 23.6 Å². The molecule has 0 atom stereocenters. The van der Waals surface area contributed by atoms with Crippen LogP contribution >= 0.6 is 11.8 Å². The summed E-state index contributed by atoms with van der Waals surface area (Å²) in [5, 5.41) is 8.79. The van der Waals surface area contributed by atoms with Gasteiger partial charge in [0, 0.05) is 31.9 Å². The van der Waals surface area contributed by atoms with E-state index >= 15 is 0 Å². The standard InChI is InChI=1S/C19H19N3O3S/c20-12-15-3-5-16(6-4-15)13-26-14-18(23)21-7-9-22(10-8-21)19(24)17-2-1-11-25-17/h1-6,11H,7-10,13-14H2. The Kier molecular flexibility index (Phi) is 5.97. The van der Waals surface area contributed by atoms with Gasteiger partial charge in [-0.25, -0.2) is 0 Å². The first kappa shape index (κ1) is 18.1. The van der Waals surface area contributed by atoms with Crippen molar-refractivity contribution in [1.29, 1.82) is 5.26 Å². The lowest BCUT2D eigenvalue weighted by molar-refractivity contribution is -0.129. The van der Waals surface area contributed by atoms with Crippen molar-refractivity contribution in [2.45, 2.75) is 5.75 Å². The van der Waals surface area contributed by atoms with E-state index in [9.17, 15) is 9.59 Å². The first-order valence-corrected chi connectivity index (χ1v) is 9.50. The van der Waals surface area contributed by atoms with E-state index < -0.39 is 0 Å². The van der Waals surface area contributed by atoms with Crippen LogP contribution in [0.3, 0.4) is 0 Å². The molecule has 1 aromatic heterocycles. The number of furan rings is 1. The highest BCUT2D eigenvalue weighted by Gasteiger charge is 2.25. The SMILES string of the molecule is N#Cc1ccc(CSCC(=O)N2CCN(C(=O)c3ccco3)CC2)cc1. The van der Waals surface area contributed by atoms with Gasteiger partial charge in [-0.1, -0.05) is 12.1 Å². The highest BCUT2D eigenvalue weighted by atomic mass is 32.2. The molecule has 6 nitrogen and oxygen atoms in total.